The molecule has 2 aromatic rings. The molecular weight excluding hydrogens is 314 g/mol. The minimum Gasteiger partial charge on any atom is -0.356 e. The normalized spacial score (nSPS) is 22.9. The Morgan fingerprint density at radius 3 is 3.00 bits per heavy atom. The predicted octanol–water partition coefficient (Wildman–Crippen LogP) is 2.50. The van der Waals surface area contributed by atoms with Gasteiger partial charge in [0.1, 0.15) is 17.3 Å². The van der Waals surface area contributed by atoms with Crippen molar-refractivity contribution in [3.63, 3.8) is 0 Å². The van der Waals surface area contributed by atoms with Crippen LogP contribution in [-0.4, -0.2) is 40.5 Å². The van der Waals surface area contributed by atoms with Gasteiger partial charge in [-0.15, -0.1) is 0 Å². The highest BCUT2D eigenvalue weighted by Crippen LogP contribution is 2.31. The summed E-state index contributed by atoms with van der Waals surface area (Å²) in [7, 11) is 0. The Morgan fingerprint density at radius 2 is 2.20 bits per heavy atom. The largest absolute Gasteiger partial charge is 0.356 e. The van der Waals surface area contributed by atoms with E-state index in [1.807, 2.05) is 18.3 Å². The summed E-state index contributed by atoms with van der Waals surface area (Å²) in [5.41, 5.74) is 1.59. The van der Waals surface area contributed by atoms with Crippen LogP contribution in [0.1, 0.15) is 54.6 Å². The molecule has 0 saturated carbocycles. The van der Waals surface area contributed by atoms with E-state index in [0.717, 1.165) is 49.7 Å². The minimum absolute atomic E-state index is 0.0390. The molecule has 1 atom stereocenters. The molecule has 6 heteroatoms. The predicted molar refractivity (Wildman–Crippen MR) is 96.8 cm³/mol. The lowest BCUT2D eigenvalue weighted by Crippen LogP contribution is -2.35. The molecule has 4 rings (SSSR count). The summed E-state index contributed by atoms with van der Waals surface area (Å²) in [6.45, 7) is 6.93. The Labute approximate surface area is 148 Å². The summed E-state index contributed by atoms with van der Waals surface area (Å²) >= 11 is 0. The van der Waals surface area contributed by atoms with Crippen LogP contribution in [0.2, 0.25) is 0 Å². The van der Waals surface area contributed by atoms with Crippen LogP contribution in [0.5, 0.6) is 0 Å². The molecule has 2 aliphatic rings. The number of pyridine rings is 1. The molecule has 0 aliphatic carbocycles. The van der Waals surface area contributed by atoms with E-state index in [4.69, 9.17) is 4.98 Å². The molecule has 132 valence electrons. The maximum atomic E-state index is 12.4. The second-order valence-electron chi connectivity index (χ2n) is 7.95. The number of imidazole rings is 1. The first kappa shape index (κ1) is 16.1. The average Bonchev–Trinajstić information content (AvgIpc) is 2.99. The first-order valence-corrected chi connectivity index (χ1v) is 9.05. The van der Waals surface area contributed by atoms with Crippen LogP contribution in [0.15, 0.2) is 24.4 Å². The first-order chi connectivity index (χ1) is 12.0. The topological polar surface area (TPSA) is 73.9 Å². The third-order valence-electron chi connectivity index (χ3n) is 5.18. The van der Waals surface area contributed by atoms with Crippen molar-refractivity contribution in [2.24, 2.45) is 5.41 Å². The van der Waals surface area contributed by atoms with E-state index in [-0.39, 0.29) is 11.3 Å². The van der Waals surface area contributed by atoms with Gasteiger partial charge >= 0.3 is 0 Å². The quantitative estimate of drug-likeness (QED) is 0.882. The number of aromatic amines is 1. The van der Waals surface area contributed by atoms with Gasteiger partial charge in [0.25, 0.3) is 5.91 Å². The number of aromatic nitrogens is 3. The number of anilines is 1. The van der Waals surface area contributed by atoms with Crippen molar-refractivity contribution < 1.29 is 4.79 Å². The highest BCUT2D eigenvalue weighted by atomic mass is 16.1. The highest BCUT2D eigenvalue weighted by molar-refractivity contribution is 5.94. The van der Waals surface area contributed by atoms with Gasteiger partial charge < -0.3 is 15.2 Å². The van der Waals surface area contributed by atoms with E-state index in [0.29, 0.717) is 18.2 Å². The van der Waals surface area contributed by atoms with E-state index in [1.54, 1.807) is 0 Å². The van der Waals surface area contributed by atoms with Crippen LogP contribution in [0, 0.1) is 5.41 Å². The zero-order chi connectivity index (χ0) is 17.4. The van der Waals surface area contributed by atoms with Crippen LogP contribution in [-0.2, 0) is 6.42 Å². The molecule has 25 heavy (non-hydrogen) atoms. The number of carbonyl (C=O) groups excluding carboxylic acids is 1. The lowest BCUT2D eigenvalue weighted by molar-refractivity contribution is 0.0940. The third kappa shape index (κ3) is 3.25. The second kappa shape index (κ2) is 6.17. The minimum atomic E-state index is -0.0551. The molecule has 1 saturated heterocycles. The van der Waals surface area contributed by atoms with Crippen molar-refractivity contribution in [1.29, 1.82) is 0 Å². The smallest absolute Gasteiger partial charge is 0.271 e. The van der Waals surface area contributed by atoms with Crippen LogP contribution in [0.3, 0.4) is 0 Å². The number of rotatable bonds is 2. The Bertz CT molecular complexity index is 767. The fourth-order valence-corrected chi connectivity index (χ4v) is 3.83. The fourth-order valence-electron chi connectivity index (χ4n) is 3.83. The van der Waals surface area contributed by atoms with E-state index in [1.165, 1.54) is 0 Å². The lowest BCUT2D eigenvalue weighted by atomic mass is 9.88. The molecule has 2 aliphatic heterocycles. The molecule has 2 N–H and O–H groups in total. The molecule has 4 heterocycles. The molecule has 0 spiro atoms. The zero-order valence-electron chi connectivity index (χ0n) is 14.9. The Hall–Kier alpha value is -2.37. The van der Waals surface area contributed by atoms with Gasteiger partial charge in [-0.3, -0.25) is 4.79 Å². The van der Waals surface area contributed by atoms with E-state index >= 15 is 0 Å². The Morgan fingerprint density at radius 1 is 1.32 bits per heavy atom. The highest BCUT2D eigenvalue weighted by Gasteiger charge is 2.32. The van der Waals surface area contributed by atoms with Gasteiger partial charge in [0.05, 0.1) is 0 Å². The van der Waals surface area contributed by atoms with Crippen molar-refractivity contribution >= 4 is 11.7 Å². The molecule has 1 unspecified atom stereocenters. The fraction of sp³-hybridized carbons (Fsp3) is 0.526. The summed E-state index contributed by atoms with van der Waals surface area (Å²) < 4.78 is 0. The third-order valence-corrected chi connectivity index (χ3v) is 5.18. The number of carbonyl (C=O) groups is 1. The molecule has 0 aromatic carbocycles. The lowest BCUT2D eigenvalue weighted by Gasteiger charge is -2.32. The van der Waals surface area contributed by atoms with Crippen LogP contribution in [0.4, 0.5) is 5.82 Å². The SMILES string of the molecule is CC1(C)CNC(=O)c2nc(C3CCCN(c4ccccn4)C3)[nH]c2C1. The summed E-state index contributed by atoms with van der Waals surface area (Å²) in [6, 6.07) is 6.01. The number of piperidine rings is 1. The van der Waals surface area contributed by atoms with Crippen LogP contribution >= 0.6 is 0 Å². The van der Waals surface area contributed by atoms with Gasteiger partial charge in [0.15, 0.2) is 0 Å². The number of amides is 1. The number of nitrogens with zero attached hydrogens (tertiary/aromatic N) is 3. The molecule has 1 fully saturated rings. The molecule has 0 bridgehead atoms. The van der Waals surface area contributed by atoms with Crippen molar-refractivity contribution in [3.05, 3.63) is 41.6 Å². The van der Waals surface area contributed by atoms with E-state index < -0.39 is 0 Å². The summed E-state index contributed by atoms with van der Waals surface area (Å²) in [4.78, 5) is 27.3. The number of nitrogens with one attached hydrogen (secondary N) is 2. The van der Waals surface area contributed by atoms with Gasteiger partial charge in [-0.05, 0) is 36.8 Å². The monoisotopic (exact) mass is 339 g/mol. The van der Waals surface area contributed by atoms with E-state index in [2.05, 4.69) is 40.1 Å². The van der Waals surface area contributed by atoms with Crippen molar-refractivity contribution in [3.8, 4) is 0 Å². The van der Waals surface area contributed by atoms with Gasteiger partial charge in [-0.2, -0.15) is 0 Å². The summed E-state index contributed by atoms with van der Waals surface area (Å²) in [5.74, 6) is 2.21. The van der Waals surface area contributed by atoms with Crippen molar-refractivity contribution in [1.82, 2.24) is 20.3 Å². The maximum absolute atomic E-state index is 12.4. The van der Waals surface area contributed by atoms with Crippen LogP contribution < -0.4 is 10.2 Å². The number of hydrogen-bond acceptors (Lipinski definition) is 4. The molecule has 6 nitrogen and oxygen atoms in total. The number of hydrogen-bond donors (Lipinski definition) is 2. The molecule has 2 aromatic heterocycles. The van der Waals surface area contributed by atoms with Gasteiger partial charge in [-0.1, -0.05) is 19.9 Å². The second-order valence-corrected chi connectivity index (χ2v) is 7.95. The number of fused-ring (bicyclic) bond motifs is 1. The summed E-state index contributed by atoms with van der Waals surface area (Å²) in [6.07, 6.45) is 4.86. The van der Waals surface area contributed by atoms with Crippen molar-refractivity contribution in [2.75, 3.05) is 24.5 Å². The average molecular weight is 339 g/mol. The Kier molecular flexibility index (Phi) is 3.98. The molecule has 0 radical (unpaired) electrons. The van der Waals surface area contributed by atoms with Gasteiger partial charge in [-0.25, -0.2) is 9.97 Å². The van der Waals surface area contributed by atoms with Gasteiger partial charge in [0.2, 0.25) is 0 Å². The van der Waals surface area contributed by atoms with Crippen molar-refractivity contribution in [2.45, 2.75) is 39.0 Å². The summed E-state index contributed by atoms with van der Waals surface area (Å²) in [5, 5.41) is 3.00. The molecular formula is C19H25N5O. The molecule has 1 amide bonds. The first-order valence-electron chi connectivity index (χ1n) is 9.05. The van der Waals surface area contributed by atoms with Gasteiger partial charge in [0, 0.05) is 37.4 Å². The van der Waals surface area contributed by atoms with E-state index in [9.17, 15) is 4.79 Å². The standard InChI is InChI=1S/C19H25N5O/c1-19(2)10-14-16(18(25)21-12-19)23-17(22-14)13-6-5-9-24(11-13)15-7-3-4-8-20-15/h3-4,7-8,13H,5-6,9-12H2,1-2H3,(H,21,25)(H,22,23). The Balaban J connectivity index is 1.58. The number of H-pyrrole nitrogens is 1. The zero-order valence-corrected chi connectivity index (χ0v) is 14.9. The maximum Gasteiger partial charge on any atom is 0.271 e. The van der Waals surface area contributed by atoms with Crippen LogP contribution in [0.25, 0.3) is 0 Å².